The van der Waals surface area contributed by atoms with E-state index in [9.17, 15) is 9.59 Å². The molecule has 148 valence electrons. The molecule has 0 fully saturated rings. The average Bonchev–Trinajstić information content (AvgIpc) is 3.03. The molecule has 0 aliphatic carbocycles. The Labute approximate surface area is 171 Å². The predicted octanol–water partition coefficient (Wildman–Crippen LogP) is 2.33. The first-order valence-corrected chi connectivity index (χ1v) is 8.82. The van der Waals surface area contributed by atoms with Crippen molar-refractivity contribution in [3.63, 3.8) is 0 Å². The smallest absolute Gasteiger partial charge is 0.329 e. The summed E-state index contributed by atoms with van der Waals surface area (Å²) in [6.07, 6.45) is 2.71. The topological polar surface area (TPSA) is 110 Å². The summed E-state index contributed by atoms with van der Waals surface area (Å²) >= 11 is 6.37. The summed E-state index contributed by atoms with van der Waals surface area (Å²) in [5.74, 6) is -1.45. The highest BCUT2D eigenvalue weighted by atomic mass is 35.5. The maximum absolute atomic E-state index is 11.9. The zero-order valence-electron chi connectivity index (χ0n) is 15.6. The Kier molecular flexibility index (Phi) is 6.20. The molecular weight excluding hydrogens is 396 g/mol. The Bertz CT molecular complexity index is 1050. The van der Waals surface area contributed by atoms with Crippen LogP contribution >= 0.6 is 11.6 Å². The number of ether oxygens (including phenoxy) is 1. The quantitative estimate of drug-likeness (QED) is 0.379. The van der Waals surface area contributed by atoms with Crippen LogP contribution in [0.5, 0.6) is 5.88 Å². The van der Waals surface area contributed by atoms with Gasteiger partial charge in [0.25, 0.3) is 0 Å². The zero-order valence-corrected chi connectivity index (χ0v) is 16.3. The second kappa shape index (κ2) is 8.98. The van der Waals surface area contributed by atoms with E-state index in [-0.39, 0.29) is 0 Å². The fraction of sp³-hybridized carbons (Fsp3) is 0.105. The molecule has 10 heteroatoms. The molecular formula is C19H17ClN6O3. The number of halogens is 1. The number of para-hydroxylation sites is 1. The maximum atomic E-state index is 11.9. The lowest BCUT2D eigenvalue weighted by molar-refractivity contribution is -0.136. The molecule has 0 unspecified atom stereocenters. The van der Waals surface area contributed by atoms with E-state index in [1.165, 1.54) is 19.5 Å². The molecule has 3 aromatic rings. The van der Waals surface area contributed by atoms with Crippen LogP contribution in [0.1, 0.15) is 11.3 Å². The second-order valence-corrected chi connectivity index (χ2v) is 6.14. The number of nitrogens with zero attached hydrogens (tertiary/aromatic N) is 4. The van der Waals surface area contributed by atoms with Gasteiger partial charge in [0.05, 0.1) is 42.2 Å². The number of aryl methyl sites for hydroxylation is 1. The van der Waals surface area contributed by atoms with E-state index in [4.69, 9.17) is 16.3 Å². The monoisotopic (exact) mass is 412 g/mol. The summed E-state index contributed by atoms with van der Waals surface area (Å²) in [4.78, 5) is 27.8. The van der Waals surface area contributed by atoms with Crippen LogP contribution in [0.2, 0.25) is 5.15 Å². The summed E-state index contributed by atoms with van der Waals surface area (Å²) in [5.41, 5.74) is 4.43. The molecule has 0 saturated carbocycles. The van der Waals surface area contributed by atoms with E-state index in [2.05, 4.69) is 25.9 Å². The molecule has 29 heavy (non-hydrogen) atoms. The minimum atomic E-state index is -0.943. The van der Waals surface area contributed by atoms with Crippen molar-refractivity contribution in [1.82, 2.24) is 20.2 Å². The molecule has 0 spiro atoms. The lowest BCUT2D eigenvalue weighted by Gasteiger charge is -2.04. The van der Waals surface area contributed by atoms with Crippen LogP contribution < -0.4 is 15.5 Å². The van der Waals surface area contributed by atoms with Crippen LogP contribution in [0.15, 0.2) is 53.8 Å². The first-order valence-electron chi connectivity index (χ1n) is 8.44. The minimum absolute atomic E-state index is 0.334. The number of aromatic nitrogens is 3. The van der Waals surface area contributed by atoms with Gasteiger partial charge in [-0.25, -0.2) is 15.1 Å². The standard InChI is InChI=1S/C19H17ClN6O3/c1-12-15(17(20)26(25-12)14-6-4-3-5-7-14)11-22-24-19(28)18(27)23-13-8-9-16(29-2)21-10-13/h3-11H,1-2H3,(H,23,27)(H,24,28)/b22-11-. The number of nitrogens with one attached hydrogen (secondary N) is 2. The Morgan fingerprint density at radius 3 is 2.59 bits per heavy atom. The van der Waals surface area contributed by atoms with Crippen LogP contribution in [0.4, 0.5) is 5.69 Å². The van der Waals surface area contributed by atoms with Gasteiger partial charge >= 0.3 is 11.8 Å². The third kappa shape index (κ3) is 4.77. The van der Waals surface area contributed by atoms with E-state index in [1.54, 1.807) is 23.7 Å². The number of carbonyl (C=O) groups is 2. The van der Waals surface area contributed by atoms with Crippen molar-refractivity contribution >= 4 is 35.3 Å². The minimum Gasteiger partial charge on any atom is -0.481 e. The molecule has 0 saturated heterocycles. The van der Waals surface area contributed by atoms with Gasteiger partial charge < -0.3 is 10.1 Å². The highest BCUT2D eigenvalue weighted by Crippen LogP contribution is 2.21. The number of carbonyl (C=O) groups excluding carboxylic acids is 2. The SMILES string of the molecule is COc1ccc(NC(=O)C(=O)N/N=C\c2c(C)nn(-c3ccccc3)c2Cl)cn1. The van der Waals surface area contributed by atoms with Crippen molar-refractivity contribution in [2.75, 3.05) is 12.4 Å². The number of hydrogen-bond acceptors (Lipinski definition) is 6. The van der Waals surface area contributed by atoms with Crippen LogP contribution in [0.3, 0.4) is 0 Å². The van der Waals surface area contributed by atoms with Crippen molar-refractivity contribution in [1.29, 1.82) is 0 Å². The van der Waals surface area contributed by atoms with Gasteiger partial charge in [0.1, 0.15) is 5.15 Å². The van der Waals surface area contributed by atoms with Crippen molar-refractivity contribution in [3.05, 3.63) is 65.1 Å². The van der Waals surface area contributed by atoms with Crippen molar-refractivity contribution < 1.29 is 14.3 Å². The Morgan fingerprint density at radius 1 is 1.17 bits per heavy atom. The van der Waals surface area contributed by atoms with Gasteiger partial charge in [0.15, 0.2) is 0 Å². The molecule has 0 aliphatic heterocycles. The molecule has 3 rings (SSSR count). The van der Waals surface area contributed by atoms with Gasteiger partial charge in [-0.1, -0.05) is 29.8 Å². The normalized spacial score (nSPS) is 10.7. The third-order valence-corrected chi connectivity index (χ3v) is 4.18. The van der Waals surface area contributed by atoms with Gasteiger partial charge in [-0.15, -0.1) is 0 Å². The fourth-order valence-corrected chi connectivity index (χ4v) is 2.69. The number of amides is 2. The van der Waals surface area contributed by atoms with Crippen molar-refractivity contribution in [3.8, 4) is 11.6 Å². The lowest BCUT2D eigenvalue weighted by Crippen LogP contribution is -2.32. The number of pyridine rings is 1. The van der Waals surface area contributed by atoms with Crippen LogP contribution in [-0.2, 0) is 9.59 Å². The summed E-state index contributed by atoms with van der Waals surface area (Å²) in [6, 6.07) is 12.5. The number of methoxy groups -OCH3 is 1. The number of anilines is 1. The number of benzene rings is 1. The maximum Gasteiger partial charge on any atom is 0.329 e. The van der Waals surface area contributed by atoms with E-state index in [0.717, 1.165) is 5.69 Å². The molecule has 0 atom stereocenters. The first kappa shape index (κ1) is 20.0. The van der Waals surface area contributed by atoms with E-state index >= 15 is 0 Å². The Hall–Kier alpha value is -3.72. The molecule has 9 nitrogen and oxygen atoms in total. The highest BCUT2D eigenvalue weighted by Gasteiger charge is 2.15. The molecule has 2 N–H and O–H groups in total. The average molecular weight is 413 g/mol. The van der Waals surface area contributed by atoms with E-state index < -0.39 is 11.8 Å². The molecule has 2 amide bonds. The molecule has 1 aromatic carbocycles. The lowest BCUT2D eigenvalue weighted by atomic mass is 10.3. The summed E-state index contributed by atoms with van der Waals surface area (Å²) in [6.45, 7) is 1.76. The van der Waals surface area contributed by atoms with Gasteiger partial charge in [-0.2, -0.15) is 10.2 Å². The van der Waals surface area contributed by atoms with E-state index in [0.29, 0.717) is 28.0 Å². The van der Waals surface area contributed by atoms with Gasteiger partial charge in [-0.3, -0.25) is 9.59 Å². The zero-order chi connectivity index (χ0) is 20.8. The highest BCUT2D eigenvalue weighted by molar-refractivity contribution is 6.39. The second-order valence-electron chi connectivity index (χ2n) is 5.78. The van der Waals surface area contributed by atoms with Gasteiger partial charge in [-0.05, 0) is 25.1 Å². The molecule has 0 bridgehead atoms. The summed E-state index contributed by atoms with van der Waals surface area (Å²) in [5, 5.41) is 10.9. The predicted molar refractivity (Wildman–Crippen MR) is 108 cm³/mol. The van der Waals surface area contributed by atoms with Crippen LogP contribution in [0, 0.1) is 6.92 Å². The van der Waals surface area contributed by atoms with Crippen LogP contribution in [-0.4, -0.2) is 39.9 Å². The first-order chi connectivity index (χ1) is 14.0. The van der Waals surface area contributed by atoms with Crippen molar-refractivity contribution in [2.45, 2.75) is 6.92 Å². The molecule has 2 aromatic heterocycles. The van der Waals surface area contributed by atoms with E-state index in [1.807, 2.05) is 30.3 Å². The fourth-order valence-electron chi connectivity index (χ4n) is 2.37. The van der Waals surface area contributed by atoms with Crippen LogP contribution in [0.25, 0.3) is 5.69 Å². The van der Waals surface area contributed by atoms with Gasteiger partial charge in [0.2, 0.25) is 5.88 Å². The van der Waals surface area contributed by atoms with Crippen molar-refractivity contribution in [2.24, 2.45) is 5.10 Å². The number of hydrazone groups is 1. The van der Waals surface area contributed by atoms with Gasteiger partial charge in [0, 0.05) is 6.07 Å². The number of hydrogen-bond donors (Lipinski definition) is 2. The number of rotatable bonds is 5. The summed E-state index contributed by atoms with van der Waals surface area (Å²) in [7, 11) is 1.48. The third-order valence-electron chi connectivity index (χ3n) is 3.82. The Balaban J connectivity index is 1.64. The summed E-state index contributed by atoms with van der Waals surface area (Å²) < 4.78 is 6.49. The Morgan fingerprint density at radius 2 is 1.93 bits per heavy atom. The molecule has 2 heterocycles. The molecule has 0 aliphatic rings. The largest absolute Gasteiger partial charge is 0.481 e. The molecule has 0 radical (unpaired) electrons.